The summed E-state index contributed by atoms with van der Waals surface area (Å²) in [5.74, 6) is -1.04. The average Bonchev–Trinajstić information content (AvgIpc) is 3.23. The quantitative estimate of drug-likeness (QED) is 0.513. The standard InChI is InChI=1S/C18H13ClN4O2/c1-9-2-3-10(19)6-12(9)13-7-14(23-16(13)18(24)25)15-11-4-5-20-17(11)22-8-21-15/h2-8,23H,1H3,(H,24,25)(H,20,21,22). The molecular formula is C18H13ClN4O2. The van der Waals surface area contributed by atoms with Gasteiger partial charge in [-0.3, -0.25) is 0 Å². The van der Waals surface area contributed by atoms with Gasteiger partial charge in [0.2, 0.25) is 0 Å². The van der Waals surface area contributed by atoms with E-state index in [0.29, 0.717) is 27.6 Å². The normalized spacial score (nSPS) is 11.1. The van der Waals surface area contributed by atoms with Gasteiger partial charge in [-0.25, -0.2) is 14.8 Å². The van der Waals surface area contributed by atoms with Crippen molar-refractivity contribution in [2.45, 2.75) is 6.92 Å². The van der Waals surface area contributed by atoms with Crippen LogP contribution in [0.1, 0.15) is 16.1 Å². The highest BCUT2D eigenvalue weighted by molar-refractivity contribution is 6.31. The molecule has 124 valence electrons. The number of aromatic amines is 2. The first kappa shape index (κ1) is 15.4. The molecule has 0 saturated heterocycles. The van der Waals surface area contributed by atoms with E-state index in [4.69, 9.17) is 11.6 Å². The van der Waals surface area contributed by atoms with Crippen molar-refractivity contribution in [3.8, 4) is 22.5 Å². The van der Waals surface area contributed by atoms with Gasteiger partial charge in [-0.05, 0) is 42.3 Å². The largest absolute Gasteiger partial charge is 0.477 e. The van der Waals surface area contributed by atoms with Gasteiger partial charge in [0.25, 0.3) is 0 Å². The van der Waals surface area contributed by atoms with Crippen LogP contribution in [0, 0.1) is 6.92 Å². The summed E-state index contributed by atoms with van der Waals surface area (Å²) in [4.78, 5) is 26.2. The lowest BCUT2D eigenvalue weighted by atomic mass is 10.0. The fourth-order valence-electron chi connectivity index (χ4n) is 2.93. The summed E-state index contributed by atoms with van der Waals surface area (Å²) in [6, 6.07) is 9.06. The maximum atomic E-state index is 11.7. The lowest BCUT2D eigenvalue weighted by Crippen LogP contribution is -1.99. The van der Waals surface area contributed by atoms with Gasteiger partial charge in [0, 0.05) is 22.2 Å². The molecule has 0 amide bonds. The number of carbonyl (C=O) groups is 1. The molecule has 3 N–H and O–H groups in total. The highest BCUT2D eigenvalue weighted by atomic mass is 35.5. The predicted molar refractivity (Wildman–Crippen MR) is 95.8 cm³/mol. The molecule has 4 aromatic rings. The number of nitrogens with zero attached hydrogens (tertiary/aromatic N) is 2. The molecular weight excluding hydrogens is 340 g/mol. The summed E-state index contributed by atoms with van der Waals surface area (Å²) < 4.78 is 0. The summed E-state index contributed by atoms with van der Waals surface area (Å²) in [5.41, 5.74) is 4.32. The summed E-state index contributed by atoms with van der Waals surface area (Å²) in [6.07, 6.45) is 3.21. The van der Waals surface area contributed by atoms with Crippen molar-refractivity contribution in [3.63, 3.8) is 0 Å². The molecule has 0 aliphatic carbocycles. The molecule has 7 heteroatoms. The van der Waals surface area contributed by atoms with Crippen LogP contribution in [0.25, 0.3) is 33.5 Å². The van der Waals surface area contributed by atoms with Crippen LogP contribution in [-0.2, 0) is 0 Å². The van der Waals surface area contributed by atoms with E-state index in [1.165, 1.54) is 6.33 Å². The number of halogens is 1. The average molecular weight is 353 g/mol. The van der Waals surface area contributed by atoms with Crippen molar-refractivity contribution < 1.29 is 9.90 Å². The summed E-state index contributed by atoms with van der Waals surface area (Å²) in [5, 5.41) is 11.0. The minimum Gasteiger partial charge on any atom is -0.477 e. The Morgan fingerprint density at radius 1 is 1.16 bits per heavy atom. The van der Waals surface area contributed by atoms with Gasteiger partial charge in [0.1, 0.15) is 17.7 Å². The fraction of sp³-hybridized carbons (Fsp3) is 0.0556. The highest BCUT2D eigenvalue weighted by Gasteiger charge is 2.20. The van der Waals surface area contributed by atoms with Crippen molar-refractivity contribution in [2.75, 3.05) is 0 Å². The number of hydrogen-bond acceptors (Lipinski definition) is 3. The molecule has 3 aromatic heterocycles. The Balaban J connectivity index is 1.97. The highest BCUT2D eigenvalue weighted by Crippen LogP contribution is 2.34. The molecule has 0 spiro atoms. The van der Waals surface area contributed by atoms with Crippen molar-refractivity contribution in [1.29, 1.82) is 0 Å². The van der Waals surface area contributed by atoms with Gasteiger partial charge in [-0.1, -0.05) is 17.7 Å². The van der Waals surface area contributed by atoms with E-state index in [2.05, 4.69) is 19.9 Å². The van der Waals surface area contributed by atoms with Crippen LogP contribution in [0.15, 0.2) is 42.9 Å². The second-order valence-electron chi connectivity index (χ2n) is 5.70. The van der Waals surface area contributed by atoms with E-state index < -0.39 is 5.97 Å². The van der Waals surface area contributed by atoms with E-state index in [1.54, 1.807) is 24.4 Å². The number of aryl methyl sites for hydroxylation is 1. The molecule has 0 unspecified atom stereocenters. The van der Waals surface area contributed by atoms with Gasteiger partial charge in [-0.15, -0.1) is 0 Å². The van der Waals surface area contributed by atoms with Gasteiger partial charge >= 0.3 is 5.97 Å². The molecule has 1 aromatic carbocycles. The third kappa shape index (κ3) is 2.56. The lowest BCUT2D eigenvalue weighted by molar-refractivity contribution is 0.0692. The van der Waals surface area contributed by atoms with Crippen LogP contribution >= 0.6 is 11.6 Å². The smallest absolute Gasteiger partial charge is 0.352 e. The number of aromatic carboxylic acids is 1. The van der Waals surface area contributed by atoms with E-state index >= 15 is 0 Å². The SMILES string of the molecule is Cc1ccc(Cl)cc1-c1cc(-c2ncnc3[nH]ccc23)[nH]c1C(=O)O. The molecule has 0 fully saturated rings. The van der Waals surface area contributed by atoms with Gasteiger partial charge in [0.15, 0.2) is 0 Å². The van der Waals surface area contributed by atoms with Crippen molar-refractivity contribution in [2.24, 2.45) is 0 Å². The number of aromatic nitrogens is 4. The number of H-pyrrole nitrogens is 2. The minimum atomic E-state index is -1.04. The fourth-order valence-corrected chi connectivity index (χ4v) is 3.11. The third-order valence-corrected chi connectivity index (χ3v) is 4.37. The molecule has 4 rings (SSSR count). The molecule has 0 atom stereocenters. The molecule has 0 aliphatic rings. The predicted octanol–water partition coefficient (Wildman–Crippen LogP) is 4.28. The maximum absolute atomic E-state index is 11.7. The number of carboxylic acid groups (broad SMARTS) is 1. The zero-order chi connectivity index (χ0) is 17.6. The molecule has 0 bridgehead atoms. The van der Waals surface area contributed by atoms with Crippen molar-refractivity contribution in [3.05, 3.63) is 59.1 Å². The molecule has 0 radical (unpaired) electrons. The molecule has 0 aliphatic heterocycles. The van der Waals surface area contributed by atoms with Crippen LogP contribution in [-0.4, -0.2) is 31.0 Å². The number of benzene rings is 1. The summed E-state index contributed by atoms with van der Waals surface area (Å²) >= 11 is 6.10. The van der Waals surface area contributed by atoms with Crippen LogP contribution in [0.5, 0.6) is 0 Å². The summed E-state index contributed by atoms with van der Waals surface area (Å²) in [7, 11) is 0. The number of rotatable bonds is 3. The lowest BCUT2D eigenvalue weighted by Gasteiger charge is -2.05. The Bertz CT molecular complexity index is 1110. The summed E-state index contributed by atoms with van der Waals surface area (Å²) in [6.45, 7) is 1.92. The molecule has 3 heterocycles. The van der Waals surface area contributed by atoms with E-state index in [1.807, 2.05) is 19.1 Å². The molecule has 25 heavy (non-hydrogen) atoms. The van der Waals surface area contributed by atoms with Gasteiger partial charge in [-0.2, -0.15) is 0 Å². The minimum absolute atomic E-state index is 0.0997. The van der Waals surface area contributed by atoms with E-state index in [0.717, 1.165) is 16.5 Å². The first-order chi connectivity index (χ1) is 12.0. The zero-order valence-electron chi connectivity index (χ0n) is 13.2. The monoisotopic (exact) mass is 352 g/mol. The third-order valence-electron chi connectivity index (χ3n) is 4.13. The Kier molecular flexibility index (Phi) is 3.54. The Morgan fingerprint density at radius 2 is 2.00 bits per heavy atom. The topological polar surface area (TPSA) is 94.7 Å². The van der Waals surface area contributed by atoms with Gasteiger partial charge in [0.05, 0.1) is 11.4 Å². The second kappa shape index (κ2) is 5.75. The first-order valence-corrected chi connectivity index (χ1v) is 7.93. The van der Waals surface area contributed by atoms with Crippen LogP contribution in [0.4, 0.5) is 0 Å². The van der Waals surface area contributed by atoms with Crippen LogP contribution < -0.4 is 0 Å². The van der Waals surface area contributed by atoms with E-state index in [9.17, 15) is 9.90 Å². The van der Waals surface area contributed by atoms with E-state index in [-0.39, 0.29) is 5.69 Å². The Morgan fingerprint density at radius 3 is 2.80 bits per heavy atom. The first-order valence-electron chi connectivity index (χ1n) is 7.56. The Labute approximate surface area is 147 Å². The van der Waals surface area contributed by atoms with Crippen molar-refractivity contribution in [1.82, 2.24) is 19.9 Å². The maximum Gasteiger partial charge on any atom is 0.352 e. The number of carboxylic acids is 1. The second-order valence-corrected chi connectivity index (χ2v) is 6.13. The number of nitrogens with one attached hydrogen (secondary N) is 2. The number of fused-ring (bicyclic) bond motifs is 1. The molecule has 6 nitrogen and oxygen atoms in total. The zero-order valence-corrected chi connectivity index (χ0v) is 13.9. The number of hydrogen-bond donors (Lipinski definition) is 3. The van der Waals surface area contributed by atoms with Crippen LogP contribution in [0.3, 0.4) is 0 Å². The van der Waals surface area contributed by atoms with Gasteiger partial charge < -0.3 is 15.1 Å². The Hall–Kier alpha value is -3.12. The molecule has 0 saturated carbocycles. The van der Waals surface area contributed by atoms with Crippen LogP contribution in [0.2, 0.25) is 5.02 Å². The van der Waals surface area contributed by atoms with Crippen molar-refractivity contribution >= 4 is 28.6 Å².